The first kappa shape index (κ1) is 14.0. The standard InChI is InChI=1S/C14H28O2/c1-5-16-14(10(2)3)13(15)12-8-6-11(4)7-9-12/h10-15H,5-9H2,1-4H3. The highest BCUT2D eigenvalue weighted by Gasteiger charge is 2.32. The molecule has 0 saturated heterocycles. The Morgan fingerprint density at radius 3 is 2.19 bits per heavy atom. The van der Waals surface area contributed by atoms with Crippen molar-refractivity contribution in [3.63, 3.8) is 0 Å². The molecule has 1 aliphatic rings. The fraction of sp³-hybridized carbons (Fsp3) is 1.00. The van der Waals surface area contributed by atoms with E-state index in [0.29, 0.717) is 18.4 Å². The van der Waals surface area contributed by atoms with Gasteiger partial charge >= 0.3 is 0 Å². The van der Waals surface area contributed by atoms with E-state index in [4.69, 9.17) is 4.74 Å². The molecular formula is C14H28O2. The lowest BCUT2D eigenvalue weighted by atomic mass is 9.77. The summed E-state index contributed by atoms with van der Waals surface area (Å²) in [5.41, 5.74) is 0. The van der Waals surface area contributed by atoms with Crippen LogP contribution in [-0.4, -0.2) is 23.9 Å². The van der Waals surface area contributed by atoms with Crippen molar-refractivity contribution in [2.24, 2.45) is 17.8 Å². The molecule has 0 heterocycles. The van der Waals surface area contributed by atoms with Gasteiger partial charge in [-0.15, -0.1) is 0 Å². The van der Waals surface area contributed by atoms with E-state index >= 15 is 0 Å². The Morgan fingerprint density at radius 2 is 1.75 bits per heavy atom. The molecule has 1 N–H and O–H groups in total. The Hall–Kier alpha value is -0.0800. The van der Waals surface area contributed by atoms with E-state index in [-0.39, 0.29) is 12.2 Å². The number of aliphatic hydroxyl groups excluding tert-OH is 1. The van der Waals surface area contributed by atoms with Gasteiger partial charge in [0.2, 0.25) is 0 Å². The van der Waals surface area contributed by atoms with Gasteiger partial charge in [-0.05, 0) is 37.5 Å². The van der Waals surface area contributed by atoms with Gasteiger partial charge in [0.05, 0.1) is 12.2 Å². The van der Waals surface area contributed by atoms with E-state index in [1.165, 1.54) is 25.7 Å². The first-order chi connectivity index (χ1) is 7.56. The van der Waals surface area contributed by atoms with E-state index < -0.39 is 0 Å². The Balaban J connectivity index is 2.49. The largest absolute Gasteiger partial charge is 0.390 e. The summed E-state index contributed by atoms with van der Waals surface area (Å²) in [6.45, 7) is 9.28. The van der Waals surface area contributed by atoms with Gasteiger partial charge in [0, 0.05) is 6.61 Å². The molecule has 0 amide bonds. The summed E-state index contributed by atoms with van der Waals surface area (Å²) in [5.74, 6) is 1.69. The minimum Gasteiger partial charge on any atom is -0.390 e. The predicted molar refractivity (Wildman–Crippen MR) is 67.4 cm³/mol. The van der Waals surface area contributed by atoms with Crippen LogP contribution < -0.4 is 0 Å². The Labute approximate surface area is 100 Å². The number of aliphatic hydroxyl groups is 1. The summed E-state index contributed by atoms with van der Waals surface area (Å²) in [6.07, 6.45) is 4.60. The van der Waals surface area contributed by atoms with E-state index in [2.05, 4.69) is 20.8 Å². The molecular weight excluding hydrogens is 200 g/mol. The quantitative estimate of drug-likeness (QED) is 0.783. The molecule has 0 aromatic rings. The van der Waals surface area contributed by atoms with Gasteiger partial charge in [-0.1, -0.05) is 33.6 Å². The summed E-state index contributed by atoms with van der Waals surface area (Å²) in [5, 5.41) is 10.4. The molecule has 0 aromatic heterocycles. The first-order valence-corrected chi connectivity index (χ1v) is 6.85. The van der Waals surface area contributed by atoms with Crippen molar-refractivity contribution >= 4 is 0 Å². The number of hydrogen-bond donors (Lipinski definition) is 1. The average Bonchev–Trinajstić information content (AvgIpc) is 2.25. The van der Waals surface area contributed by atoms with Crippen molar-refractivity contribution in [2.45, 2.75) is 65.6 Å². The lowest BCUT2D eigenvalue weighted by Crippen LogP contribution is -2.40. The van der Waals surface area contributed by atoms with Crippen LogP contribution in [0.5, 0.6) is 0 Å². The molecule has 1 aliphatic carbocycles. The maximum Gasteiger partial charge on any atom is 0.0859 e. The normalized spacial score (nSPS) is 30.4. The molecule has 0 spiro atoms. The second-order valence-electron chi connectivity index (χ2n) is 5.67. The topological polar surface area (TPSA) is 29.5 Å². The molecule has 2 atom stereocenters. The zero-order chi connectivity index (χ0) is 12.1. The van der Waals surface area contributed by atoms with Crippen LogP contribution in [0.4, 0.5) is 0 Å². The lowest BCUT2D eigenvalue weighted by Gasteiger charge is -2.35. The Kier molecular flexibility index (Phi) is 5.77. The number of rotatable bonds is 5. The van der Waals surface area contributed by atoms with E-state index in [1.54, 1.807) is 0 Å². The Morgan fingerprint density at radius 1 is 1.19 bits per heavy atom. The molecule has 1 saturated carbocycles. The van der Waals surface area contributed by atoms with E-state index in [0.717, 1.165) is 5.92 Å². The molecule has 1 rings (SSSR count). The lowest BCUT2D eigenvalue weighted by molar-refractivity contribution is -0.0871. The van der Waals surface area contributed by atoms with Gasteiger partial charge in [0.1, 0.15) is 0 Å². The van der Waals surface area contributed by atoms with Crippen LogP contribution in [0, 0.1) is 17.8 Å². The molecule has 0 radical (unpaired) electrons. The maximum absolute atomic E-state index is 10.4. The molecule has 1 fully saturated rings. The highest BCUT2D eigenvalue weighted by Crippen LogP contribution is 2.33. The fourth-order valence-electron chi connectivity index (χ4n) is 2.77. The molecule has 96 valence electrons. The van der Waals surface area contributed by atoms with Gasteiger partial charge in [0.15, 0.2) is 0 Å². The monoisotopic (exact) mass is 228 g/mol. The van der Waals surface area contributed by atoms with Crippen molar-refractivity contribution in [3.8, 4) is 0 Å². The second-order valence-corrected chi connectivity index (χ2v) is 5.67. The van der Waals surface area contributed by atoms with Gasteiger partial charge in [0.25, 0.3) is 0 Å². The van der Waals surface area contributed by atoms with E-state index in [9.17, 15) is 5.11 Å². The summed E-state index contributed by atoms with van der Waals surface area (Å²) in [6, 6.07) is 0. The van der Waals surface area contributed by atoms with Gasteiger partial charge in [-0.25, -0.2) is 0 Å². The van der Waals surface area contributed by atoms with Gasteiger partial charge < -0.3 is 9.84 Å². The van der Waals surface area contributed by atoms with Crippen LogP contribution in [0.15, 0.2) is 0 Å². The third kappa shape index (κ3) is 3.74. The van der Waals surface area contributed by atoms with Crippen molar-refractivity contribution in [1.29, 1.82) is 0 Å². The third-order valence-electron chi connectivity index (χ3n) is 3.90. The van der Waals surface area contributed by atoms with Crippen molar-refractivity contribution in [3.05, 3.63) is 0 Å². The van der Waals surface area contributed by atoms with Crippen LogP contribution >= 0.6 is 0 Å². The van der Waals surface area contributed by atoms with Crippen LogP contribution in [0.3, 0.4) is 0 Å². The minimum atomic E-state index is -0.271. The van der Waals surface area contributed by atoms with Crippen molar-refractivity contribution < 1.29 is 9.84 Å². The Bertz CT molecular complexity index is 183. The first-order valence-electron chi connectivity index (χ1n) is 6.85. The molecule has 0 aromatic carbocycles. The van der Waals surface area contributed by atoms with Crippen LogP contribution in [0.2, 0.25) is 0 Å². The smallest absolute Gasteiger partial charge is 0.0859 e. The van der Waals surface area contributed by atoms with Crippen molar-refractivity contribution in [2.75, 3.05) is 6.61 Å². The maximum atomic E-state index is 10.4. The highest BCUT2D eigenvalue weighted by molar-refractivity contribution is 4.82. The number of ether oxygens (including phenoxy) is 1. The average molecular weight is 228 g/mol. The highest BCUT2D eigenvalue weighted by atomic mass is 16.5. The summed E-state index contributed by atoms with van der Waals surface area (Å²) in [7, 11) is 0. The van der Waals surface area contributed by atoms with Crippen LogP contribution in [0.25, 0.3) is 0 Å². The van der Waals surface area contributed by atoms with Crippen LogP contribution in [-0.2, 0) is 4.74 Å². The van der Waals surface area contributed by atoms with Gasteiger partial charge in [-0.2, -0.15) is 0 Å². The second kappa shape index (κ2) is 6.61. The minimum absolute atomic E-state index is 0.0170. The third-order valence-corrected chi connectivity index (χ3v) is 3.90. The van der Waals surface area contributed by atoms with Crippen molar-refractivity contribution in [1.82, 2.24) is 0 Å². The summed E-state index contributed by atoms with van der Waals surface area (Å²) in [4.78, 5) is 0. The van der Waals surface area contributed by atoms with E-state index in [1.807, 2.05) is 6.92 Å². The molecule has 2 nitrogen and oxygen atoms in total. The molecule has 2 heteroatoms. The predicted octanol–water partition coefficient (Wildman–Crippen LogP) is 3.23. The molecule has 0 bridgehead atoms. The van der Waals surface area contributed by atoms with Crippen LogP contribution in [0.1, 0.15) is 53.4 Å². The molecule has 2 unspecified atom stereocenters. The molecule has 16 heavy (non-hydrogen) atoms. The SMILES string of the molecule is CCOC(C(C)C)C(O)C1CCC(C)CC1. The zero-order valence-electron chi connectivity index (χ0n) is 11.3. The summed E-state index contributed by atoms with van der Waals surface area (Å²) >= 11 is 0. The summed E-state index contributed by atoms with van der Waals surface area (Å²) < 4.78 is 5.70. The number of hydrogen-bond acceptors (Lipinski definition) is 2. The fourth-order valence-corrected chi connectivity index (χ4v) is 2.77. The zero-order valence-corrected chi connectivity index (χ0v) is 11.3. The van der Waals surface area contributed by atoms with Gasteiger partial charge in [-0.3, -0.25) is 0 Å². The molecule has 0 aliphatic heterocycles.